The molecule has 0 unspecified atom stereocenters. The monoisotopic (exact) mass is 608 g/mol. The average molecular weight is 609 g/mol. The molecule has 0 spiro atoms. The van der Waals surface area contributed by atoms with Crippen LogP contribution >= 0.6 is 0 Å². The number of rotatable bonds is 10. The Labute approximate surface area is 253 Å². The summed E-state index contributed by atoms with van der Waals surface area (Å²) in [4.78, 5) is 0. The van der Waals surface area contributed by atoms with Gasteiger partial charge in [-0.25, -0.2) is 0 Å². The number of phenols is 1. The number of aliphatic hydroxyl groups is 6. The van der Waals surface area contributed by atoms with Crippen LogP contribution in [0.4, 0.5) is 0 Å². The molecule has 1 aromatic rings. The zero-order chi connectivity index (χ0) is 31.6. The molecule has 11 heteroatoms. The topological polar surface area (TPSA) is 179 Å². The molecule has 12 atom stereocenters. The maximum atomic E-state index is 11.4. The third-order valence-corrected chi connectivity index (χ3v) is 9.01. The second-order valence-corrected chi connectivity index (χ2v) is 12.3. The van der Waals surface area contributed by atoms with Gasteiger partial charge in [0.15, 0.2) is 6.29 Å². The third-order valence-electron chi connectivity index (χ3n) is 9.01. The van der Waals surface area contributed by atoms with E-state index in [-0.39, 0.29) is 23.3 Å². The fourth-order valence-corrected chi connectivity index (χ4v) is 6.42. The summed E-state index contributed by atoms with van der Waals surface area (Å²) in [5.74, 6) is -0.631. The van der Waals surface area contributed by atoms with Gasteiger partial charge in [-0.05, 0) is 56.7 Å². The molecule has 2 aliphatic heterocycles. The minimum Gasteiger partial charge on any atom is -0.507 e. The van der Waals surface area contributed by atoms with E-state index >= 15 is 0 Å². The lowest BCUT2D eigenvalue weighted by Crippen LogP contribution is -2.64. The number of aliphatic hydroxyl groups excluding tert-OH is 6. The summed E-state index contributed by atoms with van der Waals surface area (Å²) in [5.41, 5.74) is 3.48. The molecule has 2 saturated heterocycles. The highest BCUT2D eigenvalue weighted by Crippen LogP contribution is 2.47. The summed E-state index contributed by atoms with van der Waals surface area (Å²) in [6.45, 7) is 10.6. The molecular weight excluding hydrogens is 560 g/mol. The van der Waals surface area contributed by atoms with Gasteiger partial charge in [0.25, 0.3) is 0 Å². The fraction of sp³-hybridized carbons (Fsp3) is 0.688. The Balaban J connectivity index is 1.69. The van der Waals surface area contributed by atoms with Crippen LogP contribution in [0.25, 0.3) is 0 Å². The molecule has 2 fully saturated rings. The first-order chi connectivity index (χ1) is 20.4. The van der Waals surface area contributed by atoms with Crippen molar-refractivity contribution in [3.8, 4) is 11.5 Å². The summed E-state index contributed by atoms with van der Waals surface area (Å²) in [6, 6.07) is 3.53. The number of benzene rings is 1. The van der Waals surface area contributed by atoms with Gasteiger partial charge in [0.1, 0.15) is 48.1 Å². The number of hydrogen-bond donors (Lipinski definition) is 7. The Kier molecular flexibility index (Phi) is 11.3. The van der Waals surface area contributed by atoms with Gasteiger partial charge in [-0.15, -0.1) is 0 Å². The quantitative estimate of drug-likeness (QED) is 0.192. The van der Waals surface area contributed by atoms with Crippen molar-refractivity contribution in [2.45, 2.75) is 115 Å². The molecule has 11 nitrogen and oxygen atoms in total. The summed E-state index contributed by atoms with van der Waals surface area (Å²) < 4.78 is 23.6. The standard InChI is InChI=1S/C32H48O11/c1-6-7-18-11-21(35)25(20-10-16(4)8-9-19(20)15(2)3)22(12-18)40-32-29(39)30(28(38)24(14-34)42-32)43-31-27(37)17(5)26(36)23(13-33)41-31/h10-12,17,19-20,23-24,26-39H,2,6-9,13-14H2,1,3-5H3/t17-,19-,20+,23+,24+,26-,27+,28+,29+,30-,31-,32+/m0/s1. The van der Waals surface area contributed by atoms with Crippen LogP contribution in [0.2, 0.25) is 0 Å². The van der Waals surface area contributed by atoms with E-state index in [2.05, 4.69) is 12.7 Å². The van der Waals surface area contributed by atoms with Crippen molar-refractivity contribution in [3.05, 3.63) is 47.1 Å². The van der Waals surface area contributed by atoms with E-state index in [4.69, 9.17) is 18.9 Å². The van der Waals surface area contributed by atoms with Gasteiger partial charge < -0.3 is 54.7 Å². The van der Waals surface area contributed by atoms with Crippen molar-refractivity contribution in [1.82, 2.24) is 0 Å². The SMILES string of the molecule is C=C(C)[C@@H]1CCC(C)=C[C@H]1c1c(O)cc(CCC)cc1O[C@@H]1O[C@H](CO)[C@@H](O)[C@H](O[C@@H]2O[C@H](CO)[C@@H](O)[C@H](C)[C@H]2O)[C@H]1O. The van der Waals surface area contributed by atoms with Crippen molar-refractivity contribution in [3.63, 3.8) is 0 Å². The molecule has 0 saturated carbocycles. The van der Waals surface area contributed by atoms with Gasteiger partial charge in [0, 0.05) is 17.4 Å². The normalized spacial score (nSPS) is 38.4. The number of phenolic OH excluding ortho intramolecular Hbond substituents is 1. The molecule has 0 radical (unpaired) electrons. The van der Waals surface area contributed by atoms with Crippen molar-refractivity contribution >= 4 is 0 Å². The van der Waals surface area contributed by atoms with Crippen LogP contribution in [0.15, 0.2) is 35.9 Å². The Morgan fingerprint density at radius 1 is 0.977 bits per heavy atom. The molecule has 3 aliphatic rings. The summed E-state index contributed by atoms with van der Waals surface area (Å²) in [7, 11) is 0. The van der Waals surface area contributed by atoms with Gasteiger partial charge >= 0.3 is 0 Å². The Morgan fingerprint density at radius 3 is 2.26 bits per heavy atom. The first-order valence-electron chi connectivity index (χ1n) is 15.2. The summed E-state index contributed by atoms with van der Waals surface area (Å²) >= 11 is 0. The smallest absolute Gasteiger partial charge is 0.229 e. The predicted octanol–water partition coefficient (Wildman–Crippen LogP) is 1.64. The lowest BCUT2D eigenvalue weighted by Gasteiger charge is -2.46. The molecule has 1 aromatic carbocycles. The lowest BCUT2D eigenvalue weighted by atomic mass is 9.73. The molecule has 1 aliphatic carbocycles. The van der Waals surface area contributed by atoms with Crippen LogP contribution in [0.1, 0.15) is 64.0 Å². The molecule has 4 rings (SSSR count). The third kappa shape index (κ3) is 7.11. The van der Waals surface area contributed by atoms with E-state index in [1.165, 1.54) is 5.57 Å². The Bertz CT molecular complexity index is 1140. The van der Waals surface area contributed by atoms with E-state index in [0.29, 0.717) is 12.0 Å². The van der Waals surface area contributed by atoms with Crippen LogP contribution in [-0.2, 0) is 20.6 Å². The van der Waals surface area contributed by atoms with Gasteiger partial charge in [0.05, 0.1) is 19.3 Å². The summed E-state index contributed by atoms with van der Waals surface area (Å²) in [5, 5.41) is 74.4. The minimum absolute atomic E-state index is 0.0380. The Morgan fingerprint density at radius 2 is 1.63 bits per heavy atom. The first kappa shape index (κ1) is 33.8. The lowest BCUT2D eigenvalue weighted by molar-refractivity contribution is -0.347. The number of aromatic hydroxyl groups is 1. The molecule has 43 heavy (non-hydrogen) atoms. The minimum atomic E-state index is -1.63. The second-order valence-electron chi connectivity index (χ2n) is 12.3. The van der Waals surface area contributed by atoms with Crippen LogP contribution in [0.3, 0.4) is 0 Å². The highest BCUT2D eigenvalue weighted by atomic mass is 16.7. The zero-order valence-electron chi connectivity index (χ0n) is 25.4. The highest BCUT2D eigenvalue weighted by molar-refractivity contribution is 5.52. The number of hydrogen-bond acceptors (Lipinski definition) is 11. The number of allylic oxidation sites excluding steroid dienone is 3. The van der Waals surface area contributed by atoms with Crippen LogP contribution in [-0.4, -0.2) is 104 Å². The highest BCUT2D eigenvalue weighted by Gasteiger charge is 2.51. The Hall–Kier alpha value is -2.06. The molecule has 2 heterocycles. The van der Waals surface area contributed by atoms with Crippen molar-refractivity contribution < 1.29 is 54.7 Å². The maximum absolute atomic E-state index is 11.4. The van der Waals surface area contributed by atoms with Crippen LogP contribution in [0.5, 0.6) is 11.5 Å². The predicted molar refractivity (Wildman–Crippen MR) is 156 cm³/mol. The molecule has 0 amide bonds. The van der Waals surface area contributed by atoms with Crippen molar-refractivity contribution in [1.29, 1.82) is 0 Å². The van der Waals surface area contributed by atoms with Gasteiger partial charge in [0.2, 0.25) is 6.29 Å². The largest absolute Gasteiger partial charge is 0.507 e. The molecule has 0 aromatic heterocycles. The maximum Gasteiger partial charge on any atom is 0.229 e. The van der Waals surface area contributed by atoms with E-state index in [1.807, 2.05) is 20.8 Å². The van der Waals surface area contributed by atoms with Gasteiger partial charge in [-0.1, -0.05) is 44.1 Å². The molecule has 0 bridgehead atoms. The molecule has 7 N–H and O–H groups in total. The van der Waals surface area contributed by atoms with E-state index in [0.717, 1.165) is 30.4 Å². The van der Waals surface area contributed by atoms with Gasteiger partial charge in [-0.2, -0.15) is 0 Å². The fourth-order valence-electron chi connectivity index (χ4n) is 6.42. The van der Waals surface area contributed by atoms with Gasteiger partial charge in [-0.3, -0.25) is 0 Å². The first-order valence-corrected chi connectivity index (χ1v) is 15.2. The zero-order valence-corrected chi connectivity index (χ0v) is 25.4. The summed E-state index contributed by atoms with van der Waals surface area (Å²) in [6.07, 6.45) is -6.94. The molecular formula is C32H48O11. The van der Waals surface area contributed by atoms with Crippen LogP contribution in [0, 0.1) is 11.8 Å². The molecule has 242 valence electrons. The number of ether oxygens (including phenoxy) is 4. The second kappa shape index (κ2) is 14.4. The van der Waals surface area contributed by atoms with E-state index < -0.39 is 74.4 Å². The van der Waals surface area contributed by atoms with Crippen LogP contribution < -0.4 is 4.74 Å². The van der Waals surface area contributed by atoms with Crippen molar-refractivity contribution in [2.75, 3.05) is 13.2 Å². The van der Waals surface area contributed by atoms with E-state index in [1.54, 1.807) is 19.1 Å². The van der Waals surface area contributed by atoms with Crippen molar-refractivity contribution in [2.24, 2.45) is 11.8 Å². The average Bonchev–Trinajstić information content (AvgIpc) is 2.96. The number of aryl methyl sites for hydroxylation is 1. The van der Waals surface area contributed by atoms with E-state index in [9.17, 15) is 35.7 Å².